The zero-order valence-corrected chi connectivity index (χ0v) is 18.1. The summed E-state index contributed by atoms with van der Waals surface area (Å²) >= 11 is 1.57. The monoisotopic (exact) mass is 426 g/mol. The van der Waals surface area contributed by atoms with Gasteiger partial charge in [-0.1, -0.05) is 41.7 Å². The Morgan fingerprint density at radius 2 is 1.97 bits per heavy atom. The number of anilines is 1. The van der Waals surface area contributed by atoms with Gasteiger partial charge >= 0.3 is 0 Å². The summed E-state index contributed by atoms with van der Waals surface area (Å²) in [6.45, 7) is 7.43. The smallest absolute Gasteiger partial charge is 0.266 e. The van der Waals surface area contributed by atoms with Crippen molar-refractivity contribution in [3.05, 3.63) is 54.1 Å². The average Bonchev–Trinajstić information content (AvgIpc) is 3.22. The van der Waals surface area contributed by atoms with Crippen molar-refractivity contribution in [1.82, 2.24) is 4.98 Å². The predicted molar refractivity (Wildman–Crippen MR) is 120 cm³/mol. The van der Waals surface area contributed by atoms with Crippen LogP contribution in [0, 0.1) is 6.92 Å². The van der Waals surface area contributed by atoms with E-state index >= 15 is 0 Å². The van der Waals surface area contributed by atoms with Crippen LogP contribution in [-0.2, 0) is 9.53 Å². The maximum atomic E-state index is 13.1. The number of nitrogens with one attached hydrogen (secondary N) is 1. The lowest BCUT2D eigenvalue weighted by Gasteiger charge is -2.25. The Labute approximate surface area is 181 Å². The zero-order valence-electron chi connectivity index (χ0n) is 17.3. The number of para-hydroxylation sites is 2. The summed E-state index contributed by atoms with van der Waals surface area (Å²) in [5.74, 6) is 0.635. The molecule has 0 aliphatic carbocycles. The van der Waals surface area contributed by atoms with E-state index in [-0.39, 0.29) is 12.5 Å². The lowest BCUT2D eigenvalue weighted by atomic mass is 10.2. The number of benzene rings is 2. The summed E-state index contributed by atoms with van der Waals surface area (Å²) in [5, 5.41) is 0.748. The van der Waals surface area contributed by atoms with Gasteiger partial charge in [0.05, 0.1) is 30.0 Å². The van der Waals surface area contributed by atoms with Gasteiger partial charge < -0.3 is 14.4 Å². The second kappa shape index (κ2) is 10.0. The number of amides is 1. The molecule has 1 N–H and O–H groups in total. The molecular weight excluding hydrogens is 398 g/mol. The van der Waals surface area contributed by atoms with Gasteiger partial charge in [0, 0.05) is 13.0 Å². The molecule has 30 heavy (non-hydrogen) atoms. The molecule has 0 saturated carbocycles. The molecule has 7 heteroatoms. The molecule has 158 valence electrons. The molecule has 3 aromatic rings. The fourth-order valence-corrected chi connectivity index (χ4v) is 4.74. The van der Waals surface area contributed by atoms with E-state index in [1.165, 1.54) is 4.90 Å². The highest BCUT2D eigenvalue weighted by Crippen LogP contribution is 2.30. The number of hydrogen-bond donors (Lipinski definition) is 1. The first-order chi connectivity index (χ1) is 14.7. The third-order valence-corrected chi connectivity index (χ3v) is 6.40. The SMILES string of the molecule is Cc1cccc2sc(N(CCC[NH+]3CCOCC3)C(=O)COc3ccccc3)nc12. The van der Waals surface area contributed by atoms with Crippen molar-refractivity contribution in [2.24, 2.45) is 0 Å². The van der Waals surface area contributed by atoms with Crippen molar-refractivity contribution < 1.29 is 19.2 Å². The number of hydrogen-bond acceptors (Lipinski definition) is 5. The van der Waals surface area contributed by atoms with E-state index in [1.54, 1.807) is 16.2 Å². The Morgan fingerprint density at radius 1 is 1.17 bits per heavy atom. The molecule has 0 radical (unpaired) electrons. The van der Waals surface area contributed by atoms with Crippen LogP contribution in [0.5, 0.6) is 5.75 Å². The van der Waals surface area contributed by atoms with Crippen molar-refractivity contribution in [2.45, 2.75) is 13.3 Å². The lowest BCUT2D eigenvalue weighted by Crippen LogP contribution is -3.14. The van der Waals surface area contributed by atoms with Crippen LogP contribution in [-0.4, -0.2) is 56.9 Å². The van der Waals surface area contributed by atoms with Gasteiger partial charge in [-0.3, -0.25) is 9.69 Å². The highest BCUT2D eigenvalue weighted by Gasteiger charge is 2.22. The zero-order chi connectivity index (χ0) is 20.8. The molecule has 1 aliphatic rings. The number of morpholine rings is 1. The van der Waals surface area contributed by atoms with E-state index < -0.39 is 0 Å². The van der Waals surface area contributed by atoms with Crippen molar-refractivity contribution in [3.63, 3.8) is 0 Å². The fraction of sp³-hybridized carbons (Fsp3) is 0.391. The summed E-state index contributed by atoms with van der Waals surface area (Å²) in [4.78, 5) is 21.2. The Bertz CT molecular complexity index is 970. The maximum absolute atomic E-state index is 13.1. The number of ether oxygens (including phenoxy) is 2. The van der Waals surface area contributed by atoms with Crippen molar-refractivity contribution in [3.8, 4) is 5.75 Å². The third kappa shape index (κ3) is 5.16. The van der Waals surface area contributed by atoms with Gasteiger partial charge in [-0.25, -0.2) is 4.98 Å². The molecule has 2 aromatic carbocycles. The normalized spacial score (nSPS) is 14.7. The number of quaternary nitrogens is 1. The van der Waals surface area contributed by atoms with Crippen molar-refractivity contribution >= 4 is 32.6 Å². The van der Waals surface area contributed by atoms with E-state index in [2.05, 4.69) is 19.1 Å². The van der Waals surface area contributed by atoms with Crippen LogP contribution in [0.15, 0.2) is 48.5 Å². The number of fused-ring (bicyclic) bond motifs is 1. The van der Waals surface area contributed by atoms with Gasteiger partial charge in [-0.15, -0.1) is 0 Å². The van der Waals surface area contributed by atoms with E-state index in [9.17, 15) is 4.79 Å². The van der Waals surface area contributed by atoms with Crippen molar-refractivity contribution in [1.29, 1.82) is 0 Å². The Morgan fingerprint density at radius 3 is 2.73 bits per heavy atom. The predicted octanol–water partition coefficient (Wildman–Crippen LogP) is 2.32. The minimum Gasteiger partial charge on any atom is -0.484 e. The van der Waals surface area contributed by atoms with Crippen LogP contribution in [0.1, 0.15) is 12.0 Å². The van der Waals surface area contributed by atoms with Crippen molar-refractivity contribution in [2.75, 3.05) is 50.9 Å². The minimum absolute atomic E-state index is 0.00331. The number of aromatic nitrogens is 1. The molecule has 0 unspecified atom stereocenters. The molecule has 1 aliphatic heterocycles. The summed E-state index contributed by atoms with van der Waals surface area (Å²) in [7, 11) is 0. The van der Waals surface area contributed by atoms with E-state index in [0.29, 0.717) is 12.3 Å². The Kier molecular flexibility index (Phi) is 6.94. The molecule has 0 atom stereocenters. The minimum atomic E-state index is -0.0625. The van der Waals surface area contributed by atoms with E-state index in [0.717, 1.165) is 60.2 Å². The summed E-state index contributed by atoms with van der Waals surface area (Å²) in [6, 6.07) is 15.6. The molecule has 6 nitrogen and oxygen atoms in total. The number of nitrogens with zero attached hydrogens (tertiary/aromatic N) is 2. The molecule has 0 spiro atoms. The molecule has 0 bridgehead atoms. The first-order valence-electron chi connectivity index (χ1n) is 10.5. The van der Waals surface area contributed by atoms with Gasteiger partial charge in [0.1, 0.15) is 18.8 Å². The van der Waals surface area contributed by atoms with Gasteiger partial charge in [-0.05, 0) is 30.7 Å². The van der Waals surface area contributed by atoms with Gasteiger partial charge in [0.25, 0.3) is 5.91 Å². The Balaban J connectivity index is 1.47. The molecule has 1 amide bonds. The number of rotatable bonds is 8. The maximum Gasteiger partial charge on any atom is 0.266 e. The molecule has 2 heterocycles. The summed E-state index contributed by atoms with van der Waals surface area (Å²) < 4.78 is 12.3. The van der Waals surface area contributed by atoms with Gasteiger partial charge in [-0.2, -0.15) is 0 Å². The molecule has 1 saturated heterocycles. The highest BCUT2D eigenvalue weighted by atomic mass is 32.1. The van der Waals surface area contributed by atoms with E-state index in [1.807, 2.05) is 36.4 Å². The van der Waals surface area contributed by atoms with Crippen LogP contribution in [0.4, 0.5) is 5.13 Å². The average molecular weight is 427 g/mol. The summed E-state index contributed by atoms with van der Waals surface area (Å²) in [6.07, 6.45) is 0.918. The number of carbonyl (C=O) groups excluding carboxylic acids is 1. The lowest BCUT2D eigenvalue weighted by molar-refractivity contribution is -0.908. The molecule has 1 fully saturated rings. The molecule has 1 aromatic heterocycles. The quantitative estimate of drug-likeness (QED) is 0.601. The van der Waals surface area contributed by atoms with Gasteiger partial charge in [0.2, 0.25) is 0 Å². The van der Waals surface area contributed by atoms with Gasteiger partial charge in [0.15, 0.2) is 11.7 Å². The summed E-state index contributed by atoms with van der Waals surface area (Å²) in [5.41, 5.74) is 2.10. The third-order valence-electron chi connectivity index (χ3n) is 5.36. The van der Waals surface area contributed by atoms with Crippen LogP contribution in [0.2, 0.25) is 0 Å². The van der Waals surface area contributed by atoms with Crippen LogP contribution < -0.4 is 14.5 Å². The first kappa shape index (κ1) is 20.8. The largest absolute Gasteiger partial charge is 0.484 e. The number of thiazole rings is 1. The second-order valence-corrected chi connectivity index (χ2v) is 8.54. The highest BCUT2D eigenvalue weighted by molar-refractivity contribution is 7.22. The molecular formula is C23H28N3O3S+. The second-order valence-electron chi connectivity index (χ2n) is 7.53. The van der Waals surface area contributed by atoms with E-state index in [4.69, 9.17) is 14.5 Å². The van der Waals surface area contributed by atoms with Crippen LogP contribution >= 0.6 is 11.3 Å². The fourth-order valence-electron chi connectivity index (χ4n) is 3.65. The van der Waals surface area contributed by atoms with Crippen LogP contribution in [0.3, 0.4) is 0 Å². The first-order valence-corrected chi connectivity index (χ1v) is 11.3. The number of carbonyl (C=O) groups is 1. The number of aryl methyl sites for hydroxylation is 1. The van der Waals surface area contributed by atoms with Crippen LogP contribution in [0.25, 0.3) is 10.2 Å². The standard InChI is InChI=1S/C23H27N3O3S/c1-18-7-5-10-20-22(18)24-23(30-20)26(12-6-11-25-13-15-28-16-14-25)21(27)17-29-19-8-3-2-4-9-19/h2-5,7-10H,6,11-17H2,1H3/p+1. The Hall–Kier alpha value is -2.48. The topological polar surface area (TPSA) is 56.1 Å². The molecule has 4 rings (SSSR count).